The molecule has 0 aromatic heterocycles. The Labute approximate surface area is 121 Å². The van der Waals surface area contributed by atoms with Crippen LogP contribution in [0.15, 0.2) is 30.3 Å². The number of thioether (sulfide) groups is 2. The average molecular weight is 299 g/mol. The molecule has 0 saturated heterocycles. The smallest absolute Gasteiger partial charge is 0.326 e. The van der Waals surface area contributed by atoms with Crippen LogP contribution in [0.25, 0.3) is 0 Å². The monoisotopic (exact) mass is 299 g/mol. The maximum atomic E-state index is 11.7. The minimum atomic E-state index is -0.984. The van der Waals surface area contributed by atoms with E-state index in [2.05, 4.69) is 5.32 Å². The molecule has 1 unspecified atom stereocenters. The molecular weight excluding hydrogens is 282 g/mol. The highest BCUT2D eigenvalue weighted by atomic mass is 32.2. The van der Waals surface area contributed by atoms with E-state index in [0.717, 1.165) is 17.3 Å². The van der Waals surface area contributed by atoms with Gasteiger partial charge in [-0.2, -0.15) is 11.8 Å². The molecule has 1 atom stereocenters. The lowest BCUT2D eigenvalue weighted by atomic mass is 10.2. The number of hydrogen-bond donors (Lipinski definition) is 2. The van der Waals surface area contributed by atoms with Crippen molar-refractivity contribution < 1.29 is 14.7 Å². The van der Waals surface area contributed by atoms with Crippen molar-refractivity contribution in [3.05, 3.63) is 35.9 Å². The Morgan fingerprint density at radius 2 is 2.00 bits per heavy atom. The number of aliphatic carboxylic acids is 1. The molecule has 6 heteroatoms. The van der Waals surface area contributed by atoms with E-state index in [0.29, 0.717) is 17.9 Å². The van der Waals surface area contributed by atoms with Gasteiger partial charge in [0.15, 0.2) is 0 Å². The molecule has 0 aliphatic rings. The number of rotatable bonds is 7. The Morgan fingerprint density at radius 3 is 2.58 bits per heavy atom. The first-order chi connectivity index (χ1) is 9.13. The summed E-state index contributed by atoms with van der Waals surface area (Å²) in [4.78, 5) is 22.7. The number of carbonyl (C=O) groups excluding carboxylic acids is 1. The largest absolute Gasteiger partial charge is 0.480 e. The van der Waals surface area contributed by atoms with Gasteiger partial charge in [-0.3, -0.25) is 4.79 Å². The summed E-state index contributed by atoms with van der Waals surface area (Å²) in [5, 5.41) is 11.2. The Bertz CT molecular complexity index is 412. The topological polar surface area (TPSA) is 66.4 Å². The molecule has 0 heterocycles. The summed E-state index contributed by atoms with van der Waals surface area (Å²) in [6.45, 7) is 0. The zero-order valence-electron chi connectivity index (χ0n) is 10.7. The Morgan fingerprint density at radius 1 is 1.32 bits per heavy atom. The second-order valence-electron chi connectivity index (χ2n) is 3.88. The number of benzene rings is 1. The van der Waals surface area contributed by atoms with E-state index in [1.54, 1.807) is 11.8 Å². The van der Waals surface area contributed by atoms with Gasteiger partial charge < -0.3 is 10.4 Å². The van der Waals surface area contributed by atoms with Crippen LogP contribution < -0.4 is 5.32 Å². The van der Waals surface area contributed by atoms with Crippen molar-refractivity contribution in [2.75, 3.05) is 12.0 Å². The molecule has 2 N–H and O–H groups in total. The summed E-state index contributed by atoms with van der Waals surface area (Å²) in [6, 6.07) is 8.80. The number of amides is 1. The van der Waals surface area contributed by atoms with E-state index in [-0.39, 0.29) is 5.24 Å². The van der Waals surface area contributed by atoms with Crippen molar-refractivity contribution in [1.82, 2.24) is 5.32 Å². The number of hydrogen-bond acceptors (Lipinski definition) is 4. The van der Waals surface area contributed by atoms with Gasteiger partial charge in [0.1, 0.15) is 6.04 Å². The number of carboxylic acids is 1. The van der Waals surface area contributed by atoms with E-state index in [1.807, 2.05) is 36.6 Å². The van der Waals surface area contributed by atoms with Gasteiger partial charge in [-0.1, -0.05) is 42.1 Å². The minimum Gasteiger partial charge on any atom is -0.480 e. The molecule has 0 spiro atoms. The van der Waals surface area contributed by atoms with E-state index >= 15 is 0 Å². The fraction of sp³-hybridized carbons (Fsp3) is 0.385. The molecule has 104 valence electrons. The zero-order valence-corrected chi connectivity index (χ0v) is 12.3. The first-order valence-corrected chi connectivity index (χ1v) is 8.20. The average Bonchev–Trinajstić information content (AvgIpc) is 2.42. The predicted octanol–water partition coefficient (Wildman–Crippen LogP) is 2.84. The Hall–Kier alpha value is -1.14. The molecule has 4 nitrogen and oxygen atoms in total. The van der Waals surface area contributed by atoms with Crippen molar-refractivity contribution in [1.29, 1.82) is 0 Å². The minimum absolute atomic E-state index is 0.294. The fourth-order valence-corrected chi connectivity index (χ4v) is 2.59. The van der Waals surface area contributed by atoms with E-state index in [4.69, 9.17) is 5.11 Å². The predicted molar refractivity (Wildman–Crippen MR) is 80.7 cm³/mol. The normalized spacial score (nSPS) is 11.8. The van der Waals surface area contributed by atoms with Crippen molar-refractivity contribution >= 4 is 34.7 Å². The summed E-state index contributed by atoms with van der Waals surface area (Å²) >= 11 is 2.65. The summed E-state index contributed by atoms with van der Waals surface area (Å²) in [7, 11) is 0. The lowest BCUT2D eigenvalue weighted by Crippen LogP contribution is -2.39. The molecule has 0 aliphatic carbocycles. The van der Waals surface area contributed by atoms with Gasteiger partial charge in [0, 0.05) is 5.75 Å². The second kappa shape index (κ2) is 8.87. The molecule has 0 aliphatic heterocycles. The van der Waals surface area contributed by atoms with Gasteiger partial charge in [-0.25, -0.2) is 4.79 Å². The van der Waals surface area contributed by atoms with Crippen LogP contribution in [0, 0.1) is 0 Å². The number of nitrogens with one attached hydrogen (secondary N) is 1. The van der Waals surface area contributed by atoms with Crippen molar-refractivity contribution in [2.45, 2.75) is 18.2 Å². The van der Waals surface area contributed by atoms with Gasteiger partial charge >= 0.3 is 5.97 Å². The van der Waals surface area contributed by atoms with Gasteiger partial charge in [0.05, 0.1) is 0 Å². The third kappa shape index (κ3) is 6.54. The molecule has 0 fully saturated rings. The third-order valence-corrected chi connectivity index (χ3v) is 3.92. The first kappa shape index (κ1) is 15.9. The van der Waals surface area contributed by atoms with Crippen molar-refractivity contribution in [3.8, 4) is 0 Å². The van der Waals surface area contributed by atoms with Crippen LogP contribution in [-0.2, 0) is 10.5 Å². The highest BCUT2D eigenvalue weighted by Crippen LogP contribution is 2.13. The van der Waals surface area contributed by atoms with Crippen LogP contribution in [0.5, 0.6) is 0 Å². The molecule has 1 amide bonds. The first-order valence-electron chi connectivity index (χ1n) is 5.82. The van der Waals surface area contributed by atoms with Gasteiger partial charge in [-0.15, -0.1) is 0 Å². The lowest BCUT2D eigenvalue weighted by molar-refractivity contribution is -0.139. The zero-order chi connectivity index (χ0) is 14.1. The van der Waals surface area contributed by atoms with Gasteiger partial charge in [0.25, 0.3) is 5.24 Å². The molecule has 0 radical (unpaired) electrons. The number of carbonyl (C=O) groups is 2. The van der Waals surface area contributed by atoms with E-state index in [1.165, 1.54) is 0 Å². The lowest BCUT2D eigenvalue weighted by Gasteiger charge is -2.13. The van der Waals surface area contributed by atoms with Gasteiger partial charge in [-0.05, 0) is 24.0 Å². The highest BCUT2D eigenvalue weighted by molar-refractivity contribution is 8.12. The van der Waals surface area contributed by atoms with Crippen molar-refractivity contribution in [3.63, 3.8) is 0 Å². The summed E-state index contributed by atoms with van der Waals surface area (Å²) in [5.41, 5.74) is 1.04. The molecule has 1 aromatic rings. The van der Waals surface area contributed by atoms with Crippen LogP contribution in [0.3, 0.4) is 0 Å². The maximum Gasteiger partial charge on any atom is 0.326 e. The Kier molecular flexibility index (Phi) is 7.43. The second-order valence-corrected chi connectivity index (χ2v) is 5.81. The number of carboxylic acid groups (broad SMARTS) is 1. The molecule has 0 bridgehead atoms. The standard InChI is InChI=1S/C13H17NO3S2/c1-18-8-7-11(12(15)16)14-13(17)19-9-10-5-3-2-4-6-10/h2-6,11H,7-9H2,1H3,(H,14,17)(H,15,16). The van der Waals surface area contributed by atoms with Crippen LogP contribution >= 0.6 is 23.5 Å². The molecular formula is C13H17NO3S2. The Balaban J connectivity index is 2.38. The highest BCUT2D eigenvalue weighted by Gasteiger charge is 2.19. The maximum absolute atomic E-state index is 11.7. The summed E-state index contributed by atoms with van der Waals surface area (Å²) < 4.78 is 0. The molecule has 19 heavy (non-hydrogen) atoms. The SMILES string of the molecule is CSCCC(NC(=O)SCc1ccccc1)C(=O)O. The summed E-state index contributed by atoms with van der Waals surface area (Å²) in [5.74, 6) is 0.269. The van der Waals surface area contributed by atoms with Crippen LogP contribution in [0.1, 0.15) is 12.0 Å². The van der Waals surface area contributed by atoms with Crippen molar-refractivity contribution in [2.24, 2.45) is 0 Å². The van der Waals surface area contributed by atoms with Crippen LogP contribution in [0.2, 0.25) is 0 Å². The van der Waals surface area contributed by atoms with Crippen LogP contribution in [0.4, 0.5) is 4.79 Å². The molecule has 1 aromatic carbocycles. The third-order valence-electron chi connectivity index (χ3n) is 2.41. The van der Waals surface area contributed by atoms with Gasteiger partial charge in [0.2, 0.25) is 0 Å². The van der Waals surface area contributed by atoms with Crippen LogP contribution in [-0.4, -0.2) is 34.4 Å². The quantitative estimate of drug-likeness (QED) is 0.810. The van der Waals surface area contributed by atoms with E-state index in [9.17, 15) is 9.59 Å². The fourth-order valence-electron chi connectivity index (χ4n) is 1.40. The summed E-state index contributed by atoms with van der Waals surface area (Å²) in [6.07, 6.45) is 2.35. The van der Waals surface area contributed by atoms with E-state index < -0.39 is 12.0 Å². The molecule has 0 saturated carbocycles. The molecule has 1 rings (SSSR count).